The molecule has 0 amide bonds. The van der Waals surface area contributed by atoms with E-state index in [4.69, 9.17) is 14.6 Å². The summed E-state index contributed by atoms with van der Waals surface area (Å²) in [5, 5.41) is 2.21. The molecule has 1 aliphatic heterocycles. The molecule has 5 saturated carbocycles. The summed E-state index contributed by atoms with van der Waals surface area (Å²) in [6, 6.07) is 0.485. The van der Waals surface area contributed by atoms with Crippen molar-refractivity contribution in [2.75, 3.05) is 33.4 Å². The highest BCUT2D eigenvalue weighted by atomic mass is 16.7. The number of ether oxygens (including phenoxy) is 1. The molecule has 0 aromatic carbocycles. The van der Waals surface area contributed by atoms with E-state index in [1.54, 1.807) is 0 Å². The minimum Gasteiger partial charge on any atom is -0.378 e. The second-order valence-electron chi connectivity index (χ2n) is 9.95. The third kappa shape index (κ3) is 3.62. The molecule has 5 heteroatoms. The summed E-state index contributed by atoms with van der Waals surface area (Å²) in [5.74, 6) is 3.92. The van der Waals surface area contributed by atoms with Crippen molar-refractivity contribution in [1.82, 2.24) is 9.96 Å². The average Bonchev–Trinajstić information content (AvgIpc) is 2.68. The maximum absolute atomic E-state index is 6.04. The lowest BCUT2D eigenvalue weighted by atomic mass is 9.53. The summed E-state index contributed by atoms with van der Waals surface area (Å²) in [4.78, 5) is 14.1. The van der Waals surface area contributed by atoms with Crippen molar-refractivity contribution in [2.45, 2.75) is 82.2 Å². The molecule has 4 bridgehead atoms. The van der Waals surface area contributed by atoms with E-state index >= 15 is 0 Å². The second-order valence-corrected chi connectivity index (χ2v) is 9.95. The van der Waals surface area contributed by atoms with Crippen LogP contribution in [0.4, 0.5) is 0 Å². The fourth-order valence-corrected chi connectivity index (χ4v) is 7.15. The molecule has 0 spiro atoms. The van der Waals surface area contributed by atoms with Crippen molar-refractivity contribution in [3.8, 4) is 0 Å². The summed E-state index contributed by atoms with van der Waals surface area (Å²) in [6.45, 7) is 3.50. The fraction of sp³-hybridized carbons (Fsp3) is 0.955. The van der Waals surface area contributed by atoms with Gasteiger partial charge in [0.05, 0.1) is 31.9 Å². The van der Waals surface area contributed by atoms with E-state index in [1.807, 2.05) is 7.11 Å². The minimum atomic E-state index is 0.188. The van der Waals surface area contributed by atoms with Crippen molar-refractivity contribution < 1.29 is 9.57 Å². The highest BCUT2D eigenvalue weighted by molar-refractivity contribution is 5.80. The smallest absolute Gasteiger partial charge is 0.222 e. The molecule has 1 saturated heterocycles. The minimum absolute atomic E-state index is 0.188. The third-order valence-electron chi connectivity index (χ3n) is 7.94. The molecule has 0 unspecified atom stereocenters. The highest BCUT2D eigenvalue weighted by Gasteiger charge is 2.51. The predicted molar refractivity (Wildman–Crippen MR) is 106 cm³/mol. The van der Waals surface area contributed by atoms with Crippen LogP contribution in [0.5, 0.6) is 0 Å². The first-order valence-corrected chi connectivity index (χ1v) is 11.5. The van der Waals surface area contributed by atoms with Gasteiger partial charge >= 0.3 is 0 Å². The van der Waals surface area contributed by atoms with Crippen LogP contribution < -0.4 is 0 Å². The van der Waals surface area contributed by atoms with Gasteiger partial charge in [0, 0.05) is 13.1 Å². The number of hydroxylamine groups is 2. The van der Waals surface area contributed by atoms with E-state index in [0.717, 1.165) is 50.0 Å². The molecule has 5 aliphatic carbocycles. The van der Waals surface area contributed by atoms with Gasteiger partial charge in [0.15, 0.2) is 0 Å². The van der Waals surface area contributed by atoms with Crippen LogP contribution in [-0.4, -0.2) is 60.9 Å². The van der Waals surface area contributed by atoms with E-state index in [1.165, 1.54) is 70.6 Å². The van der Waals surface area contributed by atoms with Gasteiger partial charge in [-0.25, -0.2) is 10.1 Å². The summed E-state index contributed by atoms with van der Waals surface area (Å²) < 4.78 is 5.65. The largest absolute Gasteiger partial charge is 0.378 e. The van der Waals surface area contributed by atoms with Crippen molar-refractivity contribution in [3.63, 3.8) is 0 Å². The Balaban J connectivity index is 1.46. The van der Waals surface area contributed by atoms with Crippen LogP contribution in [0.3, 0.4) is 0 Å². The molecule has 5 nitrogen and oxygen atoms in total. The Bertz CT molecular complexity index is 516. The van der Waals surface area contributed by atoms with E-state index in [-0.39, 0.29) is 5.54 Å². The van der Waals surface area contributed by atoms with Crippen LogP contribution in [0.25, 0.3) is 0 Å². The van der Waals surface area contributed by atoms with E-state index in [0.29, 0.717) is 6.04 Å². The van der Waals surface area contributed by atoms with Crippen molar-refractivity contribution >= 4 is 5.96 Å². The Morgan fingerprint density at radius 3 is 2.11 bits per heavy atom. The number of aliphatic imine (C=N–C) groups is 1. The molecule has 27 heavy (non-hydrogen) atoms. The Morgan fingerprint density at radius 1 is 0.963 bits per heavy atom. The van der Waals surface area contributed by atoms with Gasteiger partial charge in [-0.2, -0.15) is 0 Å². The summed E-state index contributed by atoms with van der Waals surface area (Å²) in [6.07, 6.45) is 14.8. The lowest BCUT2D eigenvalue weighted by molar-refractivity contribution is -0.119. The first kappa shape index (κ1) is 18.2. The molecular weight excluding hydrogens is 338 g/mol. The van der Waals surface area contributed by atoms with Crippen molar-refractivity contribution in [3.05, 3.63) is 0 Å². The first-order valence-electron chi connectivity index (χ1n) is 11.5. The van der Waals surface area contributed by atoms with Crippen LogP contribution in [0.1, 0.15) is 70.6 Å². The zero-order chi connectivity index (χ0) is 18.3. The second kappa shape index (κ2) is 7.55. The molecule has 0 radical (unpaired) electrons. The molecule has 0 aromatic rings. The summed E-state index contributed by atoms with van der Waals surface area (Å²) in [7, 11) is 1.85. The van der Waals surface area contributed by atoms with E-state index < -0.39 is 0 Å². The number of guanidine groups is 1. The Kier molecular flexibility index (Phi) is 5.10. The van der Waals surface area contributed by atoms with Crippen LogP contribution in [0, 0.1) is 17.8 Å². The van der Waals surface area contributed by atoms with Gasteiger partial charge in [-0.15, -0.1) is 0 Å². The third-order valence-corrected chi connectivity index (χ3v) is 7.94. The molecule has 6 rings (SSSR count). The topological polar surface area (TPSA) is 37.3 Å². The SMILES string of the molecule is CON(C(=NC12CC3CC(CC(C3)C1)C2)N1CCOCC1)C1CCCCC1. The van der Waals surface area contributed by atoms with Gasteiger partial charge in [0.2, 0.25) is 5.96 Å². The predicted octanol–water partition coefficient (Wildman–Crippen LogP) is 3.84. The number of morpholine rings is 1. The zero-order valence-electron chi connectivity index (χ0n) is 17.1. The van der Waals surface area contributed by atoms with Gasteiger partial charge in [-0.05, 0) is 69.1 Å². The van der Waals surface area contributed by atoms with E-state index in [9.17, 15) is 0 Å². The van der Waals surface area contributed by atoms with Gasteiger partial charge in [-0.1, -0.05) is 19.3 Å². The first-order chi connectivity index (χ1) is 13.2. The standard InChI is InChI=1S/C22H37N3O2/c1-26-25(20-5-3-2-4-6-20)21(24-7-9-27-10-8-24)23-22-14-17-11-18(15-22)13-19(12-17)16-22/h17-20H,2-16H2,1H3. The lowest BCUT2D eigenvalue weighted by Gasteiger charge is -2.55. The maximum atomic E-state index is 6.04. The van der Waals surface area contributed by atoms with Gasteiger partial charge in [0.25, 0.3) is 0 Å². The Labute approximate surface area is 164 Å². The molecular formula is C22H37N3O2. The Morgan fingerprint density at radius 2 is 1.56 bits per heavy atom. The molecule has 0 atom stereocenters. The lowest BCUT2D eigenvalue weighted by Crippen LogP contribution is -2.56. The molecule has 6 aliphatic rings. The highest BCUT2D eigenvalue weighted by Crippen LogP contribution is 2.57. The van der Waals surface area contributed by atoms with Gasteiger partial charge in [-0.3, -0.25) is 4.84 Å². The van der Waals surface area contributed by atoms with Crippen molar-refractivity contribution in [1.29, 1.82) is 0 Å². The Hall–Kier alpha value is -0.810. The van der Waals surface area contributed by atoms with Crippen LogP contribution >= 0.6 is 0 Å². The summed E-state index contributed by atoms with van der Waals surface area (Å²) >= 11 is 0. The molecule has 0 N–H and O–H groups in total. The van der Waals surface area contributed by atoms with Crippen LogP contribution in [0.15, 0.2) is 4.99 Å². The molecule has 0 aromatic heterocycles. The van der Waals surface area contributed by atoms with Crippen molar-refractivity contribution in [2.24, 2.45) is 22.7 Å². The maximum Gasteiger partial charge on any atom is 0.222 e. The number of nitrogens with zero attached hydrogens (tertiary/aromatic N) is 3. The normalized spacial score (nSPS) is 39.8. The summed E-state index contributed by atoms with van der Waals surface area (Å²) in [5.41, 5.74) is 0.188. The molecule has 6 fully saturated rings. The van der Waals surface area contributed by atoms with Gasteiger partial charge in [0.1, 0.15) is 0 Å². The van der Waals surface area contributed by atoms with Crippen LogP contribution in [0.2, 0.25) is 0 Å². The molecule has 1 heterocycles. The fourth-order valence-electron chi connectivity index (χ4n) is 7.15. The number of rotatable bonds is 3. The zero-order valence-corrected chi connectivity index (χ0v) is 17.1. The van der Waals surface area contributed by atoms with Gasteiger partial charge < -0.3 is 9.64 Å². The number of hydrogen-bond donors (Lipinski definition) is 0. The monoisotopic (exact) mass is 375 g/mol. The average molecular weight is 376 g/mol. The van der Waals surface area contributed by atoms with Crippen LogP contribution in [-0.2, 0) is 9.57 Å². The molecule has 152 valence electrons. The number of hydrogen-bond acceptors (Lipinski definition) is 3. The quantitative estimate of drug-likeness (QED) is 0.427. The van der Waals surface area contributed by atoms with E-state index in [2.05, 4.69) is 9.96 Å².